The van der Waals surface area contributed by atoms with Crippen molar-refractivity contribution in [2.75, 3.05) is 13.7 Å². The molecule has 144 valence electrons. The summed E-state index contributed by atoms with van der Waals surface area (Å²) in [4.78, 5) is 16.8. The van der Waals surface area contributed by atoms with Crippen LogP contribution in [0.5, 0.6) is 0 Å². The maximum Gasteiger partial charge on any atom is 0.253 e. The Hall–Kier alpha value is -3.46. The average Bonchev–Trinajstić information content (AvgIpc) is 3.43. The molecular formula is C19H21N7O2. The van der Waals surface area contributed by atoms with Gasteiger partial charge in [0.2, 0.25) is 0 Å². The Labute approximate surface area is 161 Å². The molecule has 1 amide bonds. The fraction of sp³-hybridized carbons (Fsp3) is 0.263. The van der Waals surface area contributed by atoms with Crippen molar-refractivity contribution in [3.05, 3.63) is 60.4 Å². The molecule has 0 aliphatic heterocycles. The molecule has 0 unspecified atom stereocenters. The second-order valence-electron chi connectivity index (χ2n) is 6.43. The zero-order chi connectivity index (χ0) is 19.5. The number of carbonyl (C=O) groups is 1. The van der Waals surface area contributed by atoms with Gasteiger partial charge in [-0.05, 0) is 24.3 Å². The van der Waals surface area contributed by atoms with Crippen molar-refractivity contribution in [1.82, 2.24) is 34.0 Å². The van der Waals surface area contributed by atoms with Gasteiger partial charge in [0.25, 0.3) is 5.91 Å². The van der Waals surface area contributed by atoms with Crippen molar-refractivity contribution >= 4 is 11.6 Å². The molecule has 4 aromatic rings. The summed E-state index contributed by atoms with van der Waals surface area (Å²) in [5.74, 6) is 0.516. The molecule has 9 nitrogen and oxygen atoms in total. The Morgan fingerprint density at radius 1 is 1.25 bits per heavy atom. The highest BCUT2D eigenvalue weighted by Crippen LogP contribution is 2.19. The minimum atomic E-state index is -0.173. The lowest BCUT2D eigenvalue weighted by Crippen LogP contribution is -2.24. The van der Waals surface area contributed by atoms with Gasteiger partial charge in [-0.3, -0.25) is 9.20 Å². The first-order valence-corrected chi connectivity index (χ1v) is 8.90. The zero-order valence-electron chi connectivity index (χ0n) is 15.7. The van der Waals surface area contributed by atoms with Crippen LogP contribution in [0, 0.1) is 0 Å². The second-order valence-corrected chi connectivity index (χ2v) is 6.43. The molecule has 0 radical (unpaired) electrons. The fourth-order valence-electron chi connectivity index (χ4n) is 3.05. The van der Waals surface area contributed by atoms with E-state index in [-0.39, 0.29) is 5.91 Å². The van der Waals surface area contributed by atoms with Gasteiger partial charge in [-0.2, -0.15) is 0 Å². The summed E-state index contributed by atoms with van der Waals surface area (Å²) >= 11 is 0. The minimum Gasteiger partial charge on any atom is -0.383 e. The van der Waals surface area contributed by atoms with Crippen molar-refractivity contribution in [3.63, 3.8) is 0 Å². The molecule has 0 spiro atoms. The van der Waals surface area contributed by atoms with Gasteiger partial charge in [0, 0.05) is 39.3 Å². The Balaban J connectivity index is 1.53. The molecule has 0 bridgehead atoms. The molecule has 28 heavy (non-hydrogen) atoms. The third-order valence-corrected chi connectivity index (χ3v) is 4.60. The first-order valence-electron chi connectivity index (χ1n) is 8.90. The lowest BCUT2D eigenvalue weighted by atomic mass is 10.2. The lowest BCUT2D eigenvalue weighted by molar-refractivity contribution is 0.0949. The predicted octanol–water partition coefficient (Wildman–Crippen LogP) is 1.51. The highest BCUT2D eigenvalue weighted by molar-refractivity contribution is 5.94. The summed E-state index contributed by atoms with van der Waals surface area (Å²) < 4.78 is 10.8. The molecule has 9 heteroatoms. The van der Waals surface area contributed by atoms with Crippen LogP contribution in [0.1, 0.15) is 16.1 Å². The largest absolute Gasteiger partial charge is 0.383 e. The number of aryl methyl sites for hydroxylation is 1. The summed E-state index contributed by atoms with van der Waals surface area (Å²) in [6.07, 6.45) is 7.18. The molecule has 0 aliphatic rings. The van der Waals surface area contributed by atoms with Gasteiger partial charge in [-0.15, -0.1) is 10.2 Å². The van der Waals surface area contributed by atoms with E-state index in [1.807, 2.05) is 38.9 Å². The van der Waals surface area contributed by atoms with E-state index >= 15 is 0 Å². The van der Waals surface area contributed by atoms with E-state index in [0.717, 1.165) is 11.4 Å². The molecule has 4 heterocycles. The van der Waals surface area contributed by atoms with Crippen LogP contribution < -0.4 is 5.32 Å². The lowest BCUT2D eigenvalue weighted by Gasteiger charge is -2.09. The number of fused-ring (bicyclic) bond motifs is 1. The monoisotopic (exact) mass is 379 g/mol. The first kappa shape index (κ1) is 17.9. The summed E-state index contributed by atoms with van der Waals surface area (Å²) in [6.45, 7) is 1.66. The molecule has 0 fully saturated rings. The van der Waals surface area contributed by atoms with Gasteiger partial charge in [0.05, 0.1) is 36.4 Å². The number of hydrogen-bond acceptors (Lipinski definition) is 5. The highest BCUT2D eigenvalue weighted by Gasteiger charge is 2.14. The molecular weight excluding hydrogens is 358 g/mol. The van der Waals surface area contributed by atoms with Crippen LogP contribution in [0.25, 0.3) is 17.2 Å². The number of nitrogens with one attached hydrogen (secondary N) is 1. The Bertz CT molecular complexity index is 1110. The van der Waals surface area contributed by atoms with Gasteiger partial charge in [0.1, 0.15) is 0 Å². The highest BCUT2D eigenvalue weighted by atomic mass is 16.5. The van der Waals surface area contributed by atoms with Crippen LogP contribution in [-0.2, 0) is 24.9 Å². The van der Waals surface area contributed by atoms with Crippen LogP contribution in [-0.4, -0.2) is 48.3 Å². The third-order valence-electron chi connectivity index (χ3n) is 4.60. The first-order chi connectivity index (χ1) is 13.7. The van der Waals surface area contributed by atoms with Gasteiger partial charge in [-0.25, -0.2) is 4.98 Å². The molecule has 0 saturated heterocycles. The number of imidazole rings is 1. The van der Waals surface area contributed by atoms with E-state index in [0.29, 0.717) is 36.7 Å². The van der Waals surface area contributed by atoms with Gasteiger partial charge in [0.15, 0.2) is 11.5 Å². The Morgan fingerprint density at radius 2 is 2.14 bits per heavy atom. The van der Waals surface area contributed by atoms with Crippen molar-refractivity contribution in [1.29, 1.82) is 0 Å². The minimum absolute atomic E-state index is 0.173. The molecule has 4 rings (SSSR count). The molecule has 0 aliphatic carbocycles. The number of ether oxygens (including phenoxy) is 1. The van der Waals surface area contributed by atoms with Crippen LogP contribution in [0.4, 0.5) is 0 Å². The Kier molecular flexibility index (Phi) is 4.90. The number of methoxy groups -OCH3 is 1. The van der Waals surface area contributed by atoms with Crippen molar-refractivity contribution in [2.24, 2.45) is 7.05 Å². The third kappa shape index (κ3) is 3.39. The van der Waals surface area contributed by atoms with E-state index in [2.05, 4.69) is 20.5 Å². The maximum atomic E-state index is 12.7. The van der Waals surface area contributed by atoms with E-state index in [4.69, 9.17) is 4.74 Å². The summed E-state index contributed by atoms with van der Waals surface area (Å²) in [6, 6.07) is 7.44. The van der Waals surface area contributed by atoms with Crippen molar-refractivity contribution < 1.29 is 9.53 Å². The standard InChI is InChI=1S/C19H21N7O2/c1-24-7-3-4-16(24)18-23-22-17-6-5-14(12-26(17)18)19(27)21-11-15-10-20-13-25(15)8-9-28-2/h3-7,10,12-13H,8-9,11H2,1-2H3,(H,21,27). The maximum absolute atomic E-state index is 12.7. The number of amides is 1. The van der Waals surface area contributed by atoms with Crippen molar-refractivity contribution in [2.45, 2.75) is 13.1 Å². The summed E-state index contributed by atoms with van der Waals surface area (Å²) in [7, 11) is 3.60. The molecule has 0 saturated carbocycles. The topological polar surface area (TPSA) is 91.3 Å². The quantitative estimate of drug-likeness (QED) is 0.526. The van der Waals surface area contributed by atoms with E-state index in [1.54, 1.807) is 38.0 Å². The predicted molar refractivity (Wildman–Crippen MR) is 103 cm³/mol. The van der Waals surface area contributed by atoms with Gasteiger partial charge in [-0.1, -0.05) is 0 Å². The number of aromatic nitrogens is 6. The Morgan fingerprint density at radius 3 is 2.93 bits per heavy atom. The zero-order valence-corrected chi connectivity index (χ0v) is 15.7. The number of carbonyl (C=O) groups excluding carboxylic acids is 1. The normalized spacial score (nSPS) is 11.2. The smallest absolute Gasteiger partial charge is 0.253 e. The van der Waals surface area contributed by atoms with Crippen LogP contribution in [0.3, 0.4) is 0 Å². The SMILES string of the molecule is COCCn1cncc1CNC(=O)c1ccc2nnc(-c3cccn3C)n2c1. The molecule has 1 N–H and O–H groups in total. The summed E-state index contributed by atoms with van der Waals surface area (Å²) in [5, 5.41) is 11.4. The average molecular weight is 379 g/mol. The van der Waals surface area contributed by atoms with Crippen LogP contribution in [0.2, 0.25) is 0 Å². The number of hydrogen-bond donors (Lipinski definition) is 1. The van der Waals surface area contributed by atoms with E-state index in [9.17, 15) is 4.79 Å². The second kappa shape index (κ2) is 7.65. The number of pyridine rings is 1. The van der Waals surface area contributed by atoms with Crippen LogP contribution >= 0.6 is 0 Å². The molecule has 4 aromatic heterocycles. The molecule has 0 aromatic carbocycles. The van der Waals surface area contributed by atoms with E-state index in [1.165, 1.54) is 0 Å². The van der Waals surface area contributed by atoms with Crippen LogP contribution in [0.15, 0.2) is 49.2 Å². The molecule has 0 atom stereocenters. The number of nitrogens with zero attached hydrogens (tertiary/aromatic N) is 6. The van der Waals surface area contributed by atoms with Gasteiger partial charge >= 0.3 is 0 Å². The van der Waals surface area contributed by atoms with Crippen molar-refractivity contribution in [3.8, 4) is 11.5 Å². The number of rotatable bonds is 7. The fourth-order valence-corrected chi connectivity index (χ4v) is 3.05. The summed E-state index contributed by atoms with van der Waals surface area (Å²) in [5.41, 5.74) is 3.06. The van der Waals surface area contributed by atoms with Gasteiger partial charge < -0.3 is 19.2 Å². The van der Waals surface area contributed by atoms with E-state index < -0.39 is 0 Å².